The lowest BCUT2D eigenvalue weighted by molar-refractivity contribution is 0.251. The number of benzene rings is 1. The van der Waals surface area contributed by atoms with Crippen LogP contribution in [0.3, 0.4) is 0 Å². The van der Waals surface area contributed by atoms with Crippen molar-refractivity contribution in [3.8, 4) is 0 Å². The molecular weight excluding hydrogens is 204 g/mol. The first-order valence-electron chi connectivity index (χ1n) is 4.92. The van der Waals surface area contributed by atoms with E-state index in [1.807, 2.05) is 37.3 Å². The molecule has 0 fully saturated rings. The Kier molecular flexibility index (Phi) is 4.27. The van der Waals surface area contributed by atoms with E-state index < -0.39 is 6.03 Å². The van der Waals surface area contributed by atoms with Gasteiger partial charge in [0.1, 0.15) is 0 Å². The van der Waals surface area contributed by atoms with Gasteiger partial charge in [-0.15, -0.1) is 0 Å². The molecule has 0 aliphatic heterocycles. The molecule has 1 rings (SSSR count). The number of nitrogens with two attached hydrogens (primary N) is 1. The van der Waals surface area contributed by atoms with Crippen molar-refractivity contribution in [3.05, 3.63) is 41.6 Å². The van der Waals surface area contributed by atoms with Gasteiger partial charge < -0.3 is 11.1 Å². The lowest BCUT2D eigenvalue weighted by Crippen LogP contribution is -2.30. The maximum absolute atomic E-state index is 10.8. The molecule has 0 aliphatic rings. The summed E-state index contributed by atoms with van der Waals surface area (Å²) in [5.41, 5.74) is 6.66. The highest BCUT2D eigenvalue weighted by atomic mass is 16.2. The molecule has 83 valence electrons. The number of nitrogens with one attached hydrogen (secondary N) is 1. The molecule has 16 heavy (non-hydrogen) atoms. The molecule has 0 unspecified atom stereocenters. The van der Waals surface area contributed by atoms with E-state index in [4.69, 9.17) is 5.73 Å². The van der Waals surface area contributed by atoms with Gasteiger partial charge in [-0.05, 0) is 17.6 Å². The monoisotopic (exact) mass is 217 g/mol. The number of carbonyl (C=O) groups is 1. The van der Waals surface area contributed by atoms with Crippen molar-refractivity contribution in [2.24, 2.45) is 5.73 Å². The minimum Gasteiger partial charge on any atom is -0.351 e. The van der Waals surface area contributed by atoms with Gasteiger partial charge in [0.15, 0.2) is 0 Å². The summed E-state index contributed by atoms with van der Waals surface area (Å²) in [6, 6.07) is 8.55. The van der Waals surface area contributed by atoms with Crippen LogP contribution in [0.2, 0.25) is 0 Å². The first-order chi connectivity index (χ1) is 7.69. The zero-order chi connectivity index (χ0) is 12.0. The minimum absolute atomic E-state index is 0.0983. The second kappa shape index (κ2) is 5.70. The number of allylic oxidation sites excluding steroid dienone is 2. The Bertz CT molecular complexity index is 410. The predicted molar refractivity (Wildman–Crippen MR) is 62.1 cm³/mol. The molecule has 0 saturated heterocycles. The number of carbonyl (C=O) groups excluding carboxylic acids is 2. The molecule has 1 radical (unpaired) electrons. The van der Waals surface area contributed by atoms with Crippen molar-refractivity contribution >= 4 is 17.9 Å². The van der Waals surface area contributed by atoms with Gasteiger partial charge in [0.05, 0.1) is 5.70 Å². The summed E-state index contributed by atoms with van der Waals surface area (Å²) in [6.45, 7) is 1.89. The molecule has 0 saturated carbocycles. The van der Waals surface area contributed by atoms with Crippen LogP contribution in [0.25, 0.3) is 5.57 Å². The largest absolute Gasteiger partial charge is 0.351 e. The van der Waals surface area contributed by atoms with Crippen LogP contribution in [0.1, 0.15) is 18.9 Å². The molecule has 0 aromatic heterocycles. The van der Waals surface area contributed by atoms with Crippen LogP contribution in [-0.4, -0.2) is 12.3 Å². The van der Waals surface area contributed by atoms with Crippen LogP contribution in [0, 0.1) is 0 Å². The van der Waals surface area contributed by atoms with Gasteiger partial charge in [0, 0.05) is 0 Å². The second-order valence-electron chi connectivity index (χ2n) is 3.16. The summed E-state index contributed by atoms with van der Waals surface area (Å²) in [7, 11) is 0. The van der Waals surface area contributed by atoms with E-state index >= 15 is 0 Å². The van der Waals surface area contributed by atoms with Crippen LogP contribution < -0.4 is 11.1 Å². The minimum atomic E-state index is -0.764. The Labute approximate surface area is 94.1 Å². The smallest absolute Gasteiger partial charge is 0.316 e. The molecule has 0 spiro atoms. The van der Waals surface area contributed by atoms with Crippen LogP contribution >= 0.6 is 0 Å². The predicted octanol–water partition coefficient (Wildman–Crippen LogP) is 1.59. The van der Waals surface area contributed by atoms with Crippen LogP contribution in [0.15, 0.2) is 36.0 Å². The summed E-state index contributed by atoms with van der Waals surface area (Å²) < 4.78 is 0. The fourth-order valence-electron chi connectivity index (χ4n) is 1.45. The standard InChI is InChI=1S/C12H13N2O2/c1-2-10(9-6-4-3-5-7-9)11(8-15)14-12(13)16/h3-7H,2H2,1H3,(H3,13,14,16). The van der Waals surface area contributed by atoms with Crippen molar-refractivity contribution < 1.29 is 9.59 Å². The number of primary amides is 1. The highest BCUT2D eigenvalue weighted by molar-refractivity contribution is 5.93. The highest BCUT2D eigenvalue weighted by Crippen LogP contribution is 2.19. The fourth-order valence-corrected chi connectivity index (χ4v) is 1.45. The van der Waals surface area contributed by atoms with Crippen molar-refractivity contribution in [1.82, 2.24) is 5.32 Å². The number of urea groups is 1. The van der Waals surface area contributed by atoms with Crippen LogP contribution in [0.4, 0.5) is 4.79 Å². The summed E-state index contributed by atoms with van der Waals surface area (Å²) in [6.07, 6.45) is 2.31. The molecule has 0 aliphatic carbocycles. The van der Waals surface area contributed by atoms with Crippen molar-refractivity contribution in [2.75, 3.05) is 0 Å². The van der Waals surface area contributed by atoms with Crippen molar-refractivity contribution in [2.45, 2.75) is 13.3 Å². The maximum Gasteiger partial charge on any atom is 0.316 e. The molecule has 0 atom stereocenters. The third kappa shape index (κ3) is 2.95. The lowest BCUT2D eigenvalue weighted by atomic mass is 10.0. The fraction of sp³-hybridized carbons (Fsp3) is 0.167. The van der Waals surface area contributed by atoms with Crippen molar-refractivity contribution in [3.63, 3.8) is 0 Å². The number of rotatable bonds is 4. The van der Waals surface area contributed by atoms with E-state index in [1.165, 1.54) is 0 Å². The summed E-state index contributed by atoms with van der Waals surface area (Å²) >= 11 is 0. The van der Waals surface area contributed by atoms with Gasteiger partial charge in [0.2, 0.25) is 0 Å². The van der Waals surface area contributed by atoms with Gasteiger partial charge in [-0.25, -0.2) is 4.79 Å². The normalized spacial score (nSPS) is 11.6. The average Bonchev–Trinajstić information content (AvgIpc) is 2.29. The zero-order valence-corrected chi connectivity index (χ0v) is 8.99. The quantitative estimate of drug-likeness (QED) is 0.751. The van der Waals surface area contributed by atoms with Crippen molar-refractivity contribution in [1.29, 1.82) is 0 Å². The van der Waals surface area contributed by atoms with E-state index in [9.17, 15) is 9.59 Å². The molecule has 1 aromatic rings. The van der Waals surface area contributed by atoms with Gasteiger partial charge in [-0.2, -0.15) is 0 Å². The maximum atomic E-state index is 10.8. The molecule has 4 nitrogen and oxygen atoms in total. The molecule has 4 heteroatoms. The number of amides is 2. The van der Waals surface area contributed by atoms with E-state index in [0.29, 0.717) is 6.42 Å². The Morgan fingerprint density at radius 1 is 1.38 bits per heavy atom. The number of hydrogen-bond acceptors (Lipinski definition) is 2. The third-order valence-electron chi connectivity index (χ3n) is 2.13. The third-order valence-corrected chi connectivity index (χ3v) is 2.13. The Morgan fingerprint density at radius 3 is 2.44 bits per heavy atom. The summed E-state index contributed by atoms with van der Waals surface area (Å²) in [4.78, 5) is 21.5. The Balaban J connectivity index is 3.16. The van der Waals surface area contributed by atoms with E-state index in [0.717, 1.165) is 11.1 Å². The van der Waals surface area contributed by atoms with E-state index in [-0.39, 0.29) is 5.70 Å². The topological polar surface area (TPSA) is 72.2 Å². The molecule has 1 aromatic carbocycles. The van der Waals surface area contributed by atoms with E-state index in [2.05, 4.69) is 5.32 Å². The summed E-state index contributed by atoms with van der Waals surface area (Å²) in [5, 5.41) is 2.27. The van der Waals surface area contributed by atoms with Gasteiger partial charge >= 0.3 is 6.03 Å². The van der Waals surface area contributed by atoms with Gasteiger partial charge in [0.25, 0.3) is 6.29 Å². The average molecular weight is 217 g/mol. The first-order valence-corrected chi connectivity index (χ1v) is 4.92. The zero-order valence-electron chi connectivity index (χ0n) is 8.99. The summed E-state index contributed by atoms with van der Waals surface area (Å²) in [5.74, 6) is 0. The Hall–Kier alpha value is -2.10. The second-order valence-corrected chi connectivity index (χ2v) is 3.16. The molecule has 2 amide bonds. The molecule has 0 bridgehead atoms. The van der Waals surface area contributed by atoms with E-state index in [1.54, 1.807) is 6.29 Å². The van der Waals surface area contributed by atoms with Crippen LogP contribution in [0.5, 0.6) is 0 Å². The van der Waals surface area contributed by atoms with Crippen LogP contribution in [-0.2, 0) is 4.79 Å². The molecular formula is C12H13N2O2. The first kappa shape index (κ1) is 12.0. The van der Waals surface area contributed by atoms with Gasteiger partial charge in [-0.1, -0.05) is 37.3 Å². The van der Waals surface area contributed by atoms with Gasteiger partial charge in [-0.3, -0.25) is 4.79 Å². The molecule has 0 heterocycles. The lowest BCUT2D eigenvalue weighted by Gasteiger charge is -2.09. The SMILES string of the molecule is CCC(=C([C]=O)NC(N)=O)c1ccccc1. The molecule has 3 N–H and O–H groups in total. The Morgan fingerprint density at radius 2 is 2.00 bits per heavy atom. The highest BCUT2D eigenvalue weighted by Gasteiger charge is 2.09. The number of hydrogen-bond donors (Lipinski definition) is 2.